The van der Waals surface area contributed by atoms with E-state index in [0.717, 1.165) is 18.8 Å². The highest BCUT2D eigenvalue weighted by molar-refractivity contribution is 5.30. The van der Waals surface area contributed by atoms with E-state index in [2.05, 4.69) is 44.7 Å². The van der Waals surface area contributed by atoms with Crippen LogP contribution in [0.15, 0.2) is 12.4 Å². The Balaban J connectivity index is 2.44. The van der Waals surface area contributed by atoms with Gasteiger partial charge in [-0.05, 0) is 19.4 Å². The fraction of sp³-hybridized carbons (Fsp3) is 0.750. The highest BCUT2D eigenvalue weighted by Crippen LogP contribution is 2.22. The van der Waals surface area contributed by atoms with Crippen LogP contribution in [0.25, 0.3) is 0 Å². The summed E-state index contributed by atoms with van der Waals surface area (Å²) in [5.74, 6) is 0. The van der Waals surface area contributed by atoms with E-state index < -0.39 is 0 Å². The molecule has 1 aromatic rings. The van der Waals surface area contributed by atoms with Gasteiger partial charge in [0.25, 0.3) is 0 Å². The van der Waals surface area contributed by atoms with Crippen LogP contribution in [0, 0.1) is 5.41 Å². The highest BCUT2D eigenvalue weighted by Gasteiger charge is 2.23. The first-order chi connectivity index (χ1) is 7.30. The standard InChI is InChI=1S/C12H24N4/c1-10(12(2,3)4)15(5)6-7-16-9-11(13)8-14-16/h8-10H,6-7,13H2,1-5H3. The molecule has 0 spiro atoms. The minimum absolute atomic E-state index is 0.303. The molecule has 1 atom stereocenters. The van der Waals surface area contributed by atoms with Gasteiger partial charge in [-0.15, -0.1) is 0 Å². The van der Waals surface area contributed by atoms with Crippen molar-refractivity contribution in [1.82, 2.24) is 14.7 Å². The molecule has 0 aliphatic carbocycles. The van der Waals surface area contributed by atoms with Crippen molar-refractivity contribution < 1.29 is 0 Å². The quantitative estimate of drug-likeness (QED) is 0.848. The first-order valence-corrected chi connectivity index (χ1v) is 5.79. The fourth-order valence-corrected chi connectivity index (χ4v) is 1.62. The van der Waals surface area contributed by atoms with Crippen LogP contribution >= 0.6 is 0 Å². The number of likely N-dealkylation sites (N-methyl/N-ethyl adjacent to an activating group) is 1. The van der Waals surface area contributed by atoms with Crippen molar-refractivity contribution in [2.75, 3.05) is 19.3 Å². The fourth-order valence-electron chi connectivity index (χ4n) is 1.62. The topological polar surface area (TPSA) is 47.1 Å². The third-order valence-corrected chi connectivity index (χ3v) is 3.25. The Kier molecular flexibility index (Phi) is 3.97. The van der Waals surface area contributed by atoms with E-state index in [9.17, 15) is 0 Å². The lowest BCUT2D eigenvalue weighted by molar-refractivity contribution is 0.135. The van der Waals surface area contributed by atoms with Gasteiger partial charge in [-0.1, -0.05) is 20.8 Å². The molecule has 1 rings (SSSR count). The maximum atomic E-state index is 5.62. The zero-order valence-electron chi connectivity index (χ0n) is 11.1. The summed E-state index contributed by atoms with van der Waals surface area (Å²) in [6, 6.07) is 0.542. The van der Waals surface area contributed by atoms with Crippen molar-refractivity contribution >= 4 is 5.69 Å². The Morgan fingerprint density at radius 3 is 2.56 bits per heavy atom. The zero-order chi connectivity index (χ0) is 12.3. The number of hydrogen-bond donors (Lipinski definition) is 1. The van der Waals surface area contributed by atoms with E-state index in [4.69, 9.17) is 5.73 Å². The minimum atomic E-state index is 0.303. The summed E-state index contributed by atoms with van der Waals surface area (Å²) in [6.07, 6.45) is 3.56. The second-order valence-corrected chi connectivity index (χ2v) is 5.56. The molecule has 4 nitrogen and oxygen atoms in total. The van der Waals surface area contributed by atoms with E-state index in [0.29, 0.717) is 11.5 Å². The number of nitrogens with two attached hydrogens (primary N) is 1. The number of nitrogens with zero attached hydrogens (tertiary/aromatic N) is 3. The molecule has 16 heavy (non-hydrogen) atoms. The molecule has 0 bridgehead atoms. The van der Waals surface area contributed by atoms with Crippen molar-refractivity contribution in [1.29, 1.82) is 0 Å². The summed E-state index contributed by atoms with van der Waals surface area (Å²) in [5, 5.41) is 4.17. The van der Waals surface area contributed by atoms with Gasteiger partial charge < -0.3 is 10.6 Å². The van der Waals surface area contributed by atoms with Gasteiger partial charge in [0.05, 0.1) is 18.4 Å². The lowest BCUT2D eigenvalue weighted by atomic mass is 9.87. The van der Waals surface area contributed by atoms with Gasteiger partial charge in [0.15, 0.2) is 0 Å². The molecular formula is C12H24N4. The zero-order valence-corrected chi connectivity index (χ0v) is 11.1. The third kappa shape index (κ3) is 3.52. The Morgan fingerprint density at radius 1 is 1.50 bits per heavy atom. The summed E-state index contributed by atoms with van der Waals surface area (Å²) in [7, 11) is 2.16. The second kappa shape index (κ2) is 4.87. The van der Waals surface area contributed by atoms with E-state index in [1.165, 1.54) is 0 Å². The van der Waals surface area contributed by atoms with E-state index >= 15 is 0 Å². The molecule has 2 N–H and O–H groups in total. The molecule has 0 amide bonds. The normalized spacial score (nSPS) is 14.4. The van der Waals surface area contributed by atoms with Crippen molar-refractivity contribution in [2.45, 2.75) is 40.3 Å². The predicted molar refractivity (Wildman–Crippen MR) is 68.2 cm³/mol. The van der Waals surface area contributed by atoms with Crippen LogP contribution in [0.3, 0.4) is 0 Å². The lowest BCUT2D eigenvalue weighted by Gasteiger charge is -2.35. The van der Waals surface area contributed by atoms with Gasteiger partial charge >= 0.3 is 0 Å². The molecule has 1 unspecified atom stereocenters. The lowest BCUT2D eigenvalue weighted by Crippen LogP contribution is -2.40. The Morgan fingerprint density at radius 2 is 2.12 bits per heavy atom. The van der Waals surface area contributed by atoms with Gasteiger partial charge in [0, 0.05) is 18.8 Å². The van der Waals surface area contributed by atoms with Gasteiger partial charge in [0.1, 0.15) is 0 Å². The molecule has 0 radical (unpaired) electrons. The molecule has 4 heteroatoms. The second-order valence-electron chi connectivity index (χ2n) is 5.56. The van der Waals surface area contributed by atoms with Crippen LogP contribution in [0.4, 0.5) is 5.69 Å². The van der Waals surface area contributed by atoms with Gasteiger partial charge in [-0.3, -0.25) is 4.68 Å². The Hall–Kier alpha value is -1.03. The molecule has 1 heterocycles. The molecule has 0 aromatic carbocycles. The van der Waals surface area contributed by atoms with Crippen LogP contribution in [-0.4, -0.2) is 34.3 Å². The number of hydrogen-bond acceptors (Lipinski definition) is 3. The summed E-state index contributed by atoms with van der Waals surface area (Å²) in [4.78, 5) is 2.36. The molecule has 0 saturated heterocycles. The smallest absolute Gasteiger partial charge is 0.0719 e. The van der Waals surface area contributed by atoms with Crippen LogP contribution in [0.2, 0.25) is 0 Å². The molecule has 0 fully saturated rings. The van der Waals surface area contributed by atoms with E-state index in [1.807, 2.05) is 10.9 Å². The average Bonchev–Trinajstić information content (AvgIpc) is 2.58. The number of nitrogen functional groups attached to an aromatic ring is 1. The molecule has 0 aliphatic rings. The van der Waals surface area contributed by atoms with Crippen LogP contribution < -0.4 is 5.73 Å². The van der Waals surface area contributed by atoms with Gasteiger partial charge in [-0.25, -0.2) is 0 Å². The van der Waals surface area contributed by atoms with Crippen molar-refractivity contribution in [3.05, 3.63) is 12.4 Å². The third-order valence-electron chi connectivity index (χ3n) is 3.25. The monoisotopic (exact) mass is 224 g/mol. The van der Waals surface area contributed by atoms with E-state index in [-0.39, 0.29) is 0 Å². The van der Waals surface area contributed by atoms with Gasteiger partial charge in [0.2, 0.25) is 0 Å². The first-order valence-electron chi connectivity index (χ1n) is 5.79. The van der Waals surface area contributed by atoms with Crippen LogP contribution in [0.5, 0.6) is 0 Å². The maximum Gasteiger partial charge on any atom is 0.0719 e. The average molecular weight is 224 g/mol. The van der Waals surface area contributed by atoms with Gasteiger partial charge in [-0.2, -0.15) is 5.10 Å². The maximum absolute atomic E-state index is 5.62. The van der Waals surface area contributed by atoms with Crippen LogP contribution in [-0.2, 0) is 6.54 Å². The summed E-state index contributed by atoms with van der Waals surface area (Å²) >= 11 is 0. The SMILES string of the molecule is CC(N(C)CCn1cc(N)cn1)C(C)(C)C. The van der Waals surface area contributed by atoms with Crippen LogP contribution in [0.1, 0.15) is 27.7 Å². The number of aromatic nitrogens is 2. The van der Waals surface area contributed by atoms with Crippen molar-refractivity contribution in [2.24, 2.45) is 5.41 Å². The number of rotatable bonds is 4. The van der Waals surface area contributed by atoms with Crippen molar-refractivity contribution in [3.8, 4) is 0 Å². The van der Waals surface area contributed by atoms with E-state index in [1.54, 1.807) is 6.20 Å². The Labute approximate surface area is 98.4 Å². The summed E-state index contributed by atoms with van der Waals surface area (Å²) in [6.45, 7) is 10.9. The summed E-state index contributed by atoms with van der Waals surface area (Å²) < 4.78 is 1.89. The molecule has 92 valence electrons. The minimum Gasteiger partial charge on any atom is -0.396 e. The molecule has 0 aliphatic heterocycles. The molecule has 1 aromatic heterocycles. The predicted octanol–water partition coefficient (Wildman–Crippen LogP) is 1.83. The largest absolute Gasteiger partial charge is 0.396 e. The molecular weight excluding hydrogens is 200 g/mol. The summed E-state index contributed by atoms with van der Waals surface area (Å²) in [5.41, 5.74) is 6.65. The first kappa shape index (κ1) is 13.0. The number of anilines is 1. The Bertz CT molecular complexity index is 324. The van der Waals surface area contributed by atoms with Crippen molar-refractivity contribution in [3.63, 3.8) is 0 Å². The highest BCUT2D eigenvalue weighted by atomic mass is 15.3. The molecule has 0 saturated carbocycles.